The van der Waals surface area contributed by atoms with Crippen LogP contribution in [-0.2, 0) is 11.3 Å². The first kappa shape index (κ1) is 15.1. The Balaban J connectivity index is 1.65. The summed E-state index contributed by atoms with van der Waals surface area (Å²) in [6.45, 7) is 9.48. The van der Waals surface area contributed by atoms with Crippen LogP contribution in [0.5, 0.6) is 0 Å². The van der Waals surface area contributed by atoms with Crippen LogP contribution >= 0.6 is 0 Å². The Bertz CT molecular complexity index is 612. The molecular formula is C16H23N5O. The average Bonchev–Trinajstić information content (AvgIpc) is 2.85. The van der Waals surface area contributed by atoms with Crippen molar-refractivity contribution >= 4 is 0 Å². The predicted octanol–water partition coefficient (Wildman–Crippen LogP) is 1.75. The molecule has 6 heteroatoms. The average molecular weight is 301 g/mol. The van der Waals surface area contributed by atoms with Gasteiger partial charge >= 0.3 is 0 Å². The van der Waals surface area contributed by atoms with Crippen molar-refractivity contribution in [3.05, 3.63) is 41.7 Å². The van der Waals surface area contributed by atoms with Gasteiger partial charge in [-0.15, -0.1) is 0 Å². The first-order valence-corrected chi connectivity index (χ1v) is 7.77. The van der Waals surface area contributed by atoms with E-state index in [-0.39, 0.29) is 6.10 Å². The van der Waals surface area contributed by atoms with Gasteiger partial charge in [-0.2, -0.15) is 5.10 Å². The molecule has 3 heterocycles. The summed E-state index contributed by atoms with van der Waals surface area (Å²) in [7, 11) is 0. The van der Waals surface area contributed by atoms with E-state index >= 15 is 0 Å². The highest BCUT2D eigenvalue weighted by Crippen LogP contribution is 2.22. The van der Waals surface area contributed by atoms with Crippen LogP contribution in [0.3, 0.4) is 0 Å². The Labute approximate surface area is 131 Å². The van der Waals surface area contributed by atoms with Crippen molar-refractivity contribution in [2.45, 2.75) is 39.5 Å². The lowest BCUT2D eigenvalue weighted by Crippen LogP contribution is -2.45. The molecule has 0 radical (unpaired) electrons. The zero-order chi connectivity index (χ0) is 15.5. The number of aromatic nitrogens is 4. The molecule has 1 saturated heterocycles. The van der Waals surface area contributed by atoms with Crippen molar-refractivity contribution in [1.29, 1.82) is 0 Å². The van der Waals surface area contributed by atoms with Crippen molar-refractivity contribution in [3.63, 3.8) is 0 Å². The van der Waals surface area contributed by atoms with Gasteiger partial charge < -0.3 is 4.74 Å². The number of pyridine rings is 1. The summed E-state index contributed by atoms with van der Waals surface area (Å²) in [5.41, 5.74) is 1.25. The summed E-state index contributed by atoms with van der Waals surface area (Å²) in [6.07, 6.45) is 3.90. The molecule has 1 aliphatic heterocycles. The fraction of sp³-hybridized carbons (Fsp3) is 0.562. The summed E-state index contributed by atoms with van der Waals surface area (Å²) in [5, 5.41) is 4.43. The van der Waals surface area contributed by atoms with E-state index in [2.05, 4.69) is 33.0 Å². The molecule has 0 aromatic carbocycles. The molecule has 3 rings (SSSR count). The van der Waals surface area contributed by atoms with Crippen molar-refractivity contribution < 1.29 is 4.74 Å². The van der Waals surface area contributed by atoms with Gasteiger partial charge in [-0.05, 0) is 32.4 Å². The highest BCUT2D eigenvalue weighted by molar-refractivity contribution is 5.13. The molecule has 0 aliphatic carbocycles. The lowest BCUT2D eigenvalue weighted by Gasteiger charge is -2.37. The predicted molar refractivity (Wildman–Crippen MR) is 83.5 cm³/mol. The van der Waals surface area contributed by atoms with Gasteiger partial charge in [0.25, 0.3) is 0 Å². The minimum absolute atomic E-state index is 0.146. The molecule has 1 aliphatic rings. The molecule has 1 fully saturated rings. The van der Waals surface area contributed by atoms with Crippen LogP contribution in [0, 0.1) is 13.8 Å². The maximum absolute atomic E-state index is 5.92. The SMILES string of the molecule is Cc1nc(C)n(C[C@@H]2CN([C@H](C)c3cccnc3)CCO2)n1. The Morgan fingerprint density at radius 3 is 2.95 bits per heavy atom. The third-order valence-corrected chi connectivity index (χ3v) is 4.22. The van der Waals surface area contributed by atoms with Gasteiger partial charge in [-0.3, -0.25) is 9.88 Å². The molecular weight excluding hydrogens is 278 g/mol. The maximum atomic E-state index is 5.92. The highest BCUT2D eigenvalue weighted by Gasteiger charge is 2.26. The minimum Gasteiger partial charge on any atom is -0.374 e. The van der Waals surface area contributed by atoms with E-state index in [1.54, 1.807) is 0 Å². The first-order valence-electron chi connectivity index (χ1n) is 7.77. The Hall–Kier alpha value is -1.79. The minimum atomic E-state index is 0.146. The van der Waals surface area contributed by atoms with E-state index in [1.165, 1.54) is 5.56 Å². The zero-order valence-electron chi connectivity index (χ0n) is 13.4. The summed E-state index contributed by atoms with van der Waals surface area (Å²) in [6, 6.07) is 4.47. The Kier molecular flexibility index (Phi) is 4.49. The third kappa shape index (κ3) is 3.34. The monoisotopic (exact) mass is 301 g/mol. The van der Waals surface area contributed by atoms with E-state index in [0.29, 0.717) is 6.04 Å². The second-order valence-electron chi connectivity index (χ2n) is 5.84. The molecule has 6 nitrogen and oxygen atoms in total. The van der Waals surface area contributed by atoms with Crippen LogP contribution in [0.25, 0.3) is 0 Å². The van der Waals surface area contributed by atoms with Gasteiger partial charge in [0.2, 0.25) is 0 Å². The highest BCUT2D eigenvalue weighted by atomic mass is 16.5. The van der Waals surface area contributed by atoms with Crippen molar-refractivity contribution in [3.8, 4) is 0 Å². The van der Waals surface area contributed by atoms with Gasteiger partial charge in [0.1, 0.15) is 11.6 Å². The van der Waals surface area contributed by atoms with Crippen LogP contribution in [0.15, 0.2) is 24.5 Å². The fourth-order valence-corrected chi connectivity index (χ4v) is 2.97. The van der Waals surface area contributed by atoms with Crippen molar-refractivity contribution in [2.24, 2.45) is 0 Å². The number of aryl methyl sites for hydroxylation is 2. The number of nitrogens with zero attached hydrogens (tertiary/aromatic N) is 5. The molecule has 0 unspecified atom stereocenters. The molecule has 2 aromatic heterocycles. The summed E-state index contributed by atoms with van der Waals surface area (Å²) in [5.74, 6) is 1.76. The summed E-state index contributed by atoms with van der Waals surface area (Å²) in [4.78, 5) is 11.0. The van der Waals surface area contributed by atoms with E-state index in [4.69, 9.17) is 4.74 Å². The fourth-order valence-electron chi connectivity index (χ4n) is 2.97. The molecule has 0 amide bonds. The second kappa shape index (κ2) is 6.54. The van der Waals surface area contributed by atoms with E-state index in [9.17, 15) is 0 Å². The van der Waals surface area contributed by atoms with Crippen LogP contribution in [0.4, 0.5) is 0 Å². The Morgan fingerprint density at radius 2 is 2.27 bits per heavy atom. The second-order valence-corrected chi connectivity index (χ2v) is 5.84. The number of hydrogen-bond donors (Lipinski definition) is 0. The standard InChI is InChI=1S/C16H23N5O/c1-12(15-5-4-6-17-9-15)20-7-8-22-16(10-20)11-21-14(3)18-13(2)19-21/h4-6,9,12,16H,7-8,10-11H2,1-3H3/t12-,16+/m1/s1. The zero-order valence-corrected chi connectivity index (χ0v) is 13.4. The molecule has 0 saturated carbocycles. The van der Waals surface area contributed by atoms with Gasteiger partial charge in [-0.25, -0.2) is 9.67 Å². The summed E-state index contributed by atoms with van der Waals surface area (Å²) >= 11 is 0. The van der Waals surface area contributed by atoms with Gasteiger partial charge in [0.15, 0.2) is 0 Å². The molecule has 0 N–H and O–H groups in total. The molecule has 2 atom stereocenters. The van der Waals surface area contributed by atoms with Crippen LogP contribution in [0.2, 0.25) is 0 Å². The van der Waals surface area contributed by atoms with Crippen molar-refractivity contribution in [2.75, 3.05) is 19.7 Å². The van der Waals surface area contributed by atoms with Crippen LogP contribution < -0.4 is 0 Å². The quantitative estimate of drug-likeness (QED) is 0.861. The lowest BCUT2D eigenvalue weighted by atomic mass is 10.1. The topological polar surface area (TPSA) is 56.1 Å². The van der Waals surface area contributed by atoms with Crippen LogP contribution in [0.1, 0.15) is 30.2 Å². The van der Waals surface area contributed by atoms with Crippen molar-refractivity contribution in [1.82, 2.24) is 24.6 Å². The van der Waals surface area contributed by atoms with E-state index < -0.39 is 0 Å². The molecule has 2 aromatic rings. The van der Waals surface area contributed by atoms with Crippen LogP contribution in [-0.4, -0.2) is 50.4 Å². The number of ether oxygens (including phenoxy) is 1. The molecule has 22 heavy (non-hydrogen) atoms. The normalized spacial score (nSPS) is 21.0. The maximum Gasteiger partial charge on any atom is 0.147 e. The molecule has 0 spiro atoms. The number of rotatable bonds is 4. The summed E-state index contributed by atoms with van der Waals surface area (Å²) < 4.78 is 7.86. The van der Waals surface area contributed by atoms with Gasteiger partial charge in [0.05, 0.1) is 19.3 Å². The smallest absolute Gasteiger partial charge is 0.147 e. The lowest BCUT2D eigenvalue weighted by molar-refractivity contribution is -0.0500. The number of morpholine rings is 1. The third-order valence-electron chi connectivity index (χ3n) is 4.22. The number of hydrogen-bond acceptors (Lipinski definition) is 5. The molecule has 118 valence electrons. The largest absolute Gasteiger partial charge is 0.374 e. The van der Waals surface area contributed by atoms with E-state index in [0.717, 1.165) is 37.9 Å². The Morgan fingerprint density at radius 1 is 1.41 bits per heavy atom. The van der Waals surface area contributed by atoms with Gasteiger partial charge in [0, 0.05) is 31.5 Å². The first-order chi connectivity index (χ1) is 10.6. The van der Waals surface area contributed by atoms with E-state index in [1.807, 2.05) is 37.0 Å². The van der Waals surface area contributed by atoms with Gasteiger partial charge in [-0.1, -0.05) is 6.07 Å². The molecule has 0 bridgehead atoms.